The summed E-state index contributed by atoms with van der Waals surface area (Å²) in [7, 11) is 1.63. The van der Waals surface area contributed by atoms with Gasteiger partial charge in [-0.1, -0.05) is 23.9 Å². The maximum atomic E-state index is 12.3. The number of carbonyl (C=O) groups excluding carboxylic acids is 1. The molecule has 0 saturated carbocycles. The van der Waals surface area contributed by atoms with E-state index in [0.717, 1.165) is 28.6 Å². The van der Waals surface area contributed by atoms with E-state index >= 15 is 0 Å². The predicted molar refractivity (Wildman–Crippen MR) is 113 cm³/mol. The molecule has 7 nitrogen and oxygen atoms in total. The average molecular weight is 413 g/mol. The molecule has 1 aromatic heterocycles. The summed E-state index contributed by atoms with van der Waals surface area (Å²) in [5.74, 6) is 2.56. The number of ether oxygens (including phenoxy) is 2. The zero-order valence-electron chi connectivity index (χ0n) is 16.7. The van der Waals surface area contributed by atoms with Gasteiger partial charge in [0.1, 0.15) is 17.3 Å². The molecule has 1 amide bonds. The van der Waals surface area contributed by atoms with E-state index in [2.05, 4.69) is 15.5 Å². The van der Waals surface area contributed by atoms with Gasteiger partial charge < -0.3 is 14.8 Å². The third-order valence-corrected chi connectivity index (χ3v) is 5.11. The molecular weight excluding hydrogens is 388 g/mol. The average Bonchev–Trinajstić information content (AvgIpc) is 3.12. The number of nitrogens with one attached hydrogen (secondary N) is 1. The van der Waals surface area contributed by atoms with Crippen LogP contribution in [-0.4, -0.2) is 40.1 Å². The first-order valence-electron chi connectivity index (χ1n) is 9.28. The van der Waals surface area contributed by atoms with Crippen molar-refractivity contribution in [2.75, 3.05) is 19.5 Å². The summed E-state index contributed by atoms with van der Waals surface area (Å²) in [6.07, 6.45) is 0. The minimum Gasteiger partial charge on any atom is -0.497 e. The standard InChI is InChI=1S/C21H24N4O3S/c1-4-28-19-11-7-17(8-12-19)25-15(2)23-24-21(25)29-14-20(26)22-13-16-5-9-18(27-3)10-6-16/h5-12H,4,13-14H2,1-3H3,(H,22,26). The van der Waals surface area contributed by atoms with Crippen LogP contribution in [-0.2, 0) is 11.3 Å². The van der Waals surface area contributed by atoms with E-state index in [4.69, 9.17) is 9.47 Å². The van der Waals surface area contributed by atoms with Crippen LogP contribution in [0.2, 0.25) is 0 Å². The van der Waals surface area contributed by atoms with Crippen molar-refractivity contribution in [2.45, 2.75) is 25.5 Å². The van der Waals surface area contributed by atoms with Gasteiger partial charge in [-0.25, -0.2) is 0 Å². The van der Waals surface area contributed by atoms with E-state index < -0.39 is 0 Å². The van der Waals surface area contributed by atoms with Crippen molar-refractivity contribution in [3.05, 3.63) is 59.9 Å². The lowest BCUT2D eigenvalue weighted by Gasteiger charge is -2.10. The third kappa shape index (κ3) is 5.51. The number of rotatable bonds is 9. The number of thioether (sulfide) groups is 1. The first-order valence-corrected chi connectivity index (χ1v) is 10.3. The Morgan fingerprint density at radius 2 is 1.76 bits per heavy atom. The van der Waals surface area contributed by atoms with Crippen molar-refractivity contribution in [1.82, 2.24) is 20.1 Å². The number of aryl methyl sites for hydroxylation is 1. The number of amides is 1. The molecule has 0 spiro atoms. The molecule has 8 heteroatoms. The van der Waals surface area contributed by atoms with Crippen molar-refractivity contribution in [3.63, 3.8) is 0 Å². The van der Waals surface area contributed by atoms with Crippen LogP contribution < -0.4 is 14.8 Å². The molecule has 29 heavy (non-hydrogen) atoms. The minimum atomic E-state index is -0.0651. The highest BCUT2D eigenvalue weighted by Crippen LogP contribution is 2.23. The molecule has 3 aromatic rings. The Morgan fingerprint density at radius 3 is 2.41 bits per heavy atom. The Hall–Kier alpha value is -3.00. The molecule has 1 heterocycles. The largest absolute Gasteiger partial charge is 0.497 e. The lowest BCUT2D eigenvalue weighted by molar-refractivity contribution is -0.118. The summed E-state index contributed by atoms with van der Waals surface area (Å²) in [4.78, 5) is 12.3. The fourth-order valence-corrected chi connectivity index (χ4v) is 3.54. The molecule has 0 aliphatic carbocycles. The van der Waals surface area contributed by atoms with E-state index in [9.17, 15) is 4.79 Å². The van der Waals surface area contributed by atoms with Crippen LogP contribution in [0.5, 0.6) is 11.5 Å². The van der Waals surface area contributed by atoms with Crippen molar-refractivity contribution in [1.29, 1.82) is 0 Å². The molecule has 0 radical (unpaired) electrons. The van der Waals surface area contributed by atoms with Gasteiger partial charge in [-0.05, 0) is 55.8 Å². The van der Waals surface area contributed by atoms with Gasteiger partial charge in [0.25, 0.3) is 0 Å². The van der Waals surface area contributed by atoms with E-state index in [0.29, 0.717) is 18.3 Å². The normalized spacial score (nSPS) is 10.6. The first kappa shape index (κ1) is 20.7. The van der Waals surface area contributed by atoms with Crippen LogP contribution in [0.15, 0.2) is 53.7 Å². The Balaban J connectivity index is 1.58. The predicted octanol–water partition coefficient (Wildman–Crippen LogP) is 3.39. The Bertz CT molecular complexity index is 940. The van der Waals surface area contributed by atoms with Crippen LogP contribution in [0.25, 0.3) is 5.69 Å². The van der Waals surface area contributed by atoms with Crippen LogP contribution in [0.1, 0.15) is 18.3 Å². The maximum Gasteiger partial charge on any atom is 0.230 e. The summed E-state index contributed by atoms with van der Waals surface area (Å²) in [5.41, 5.74) is 1.94. The van der Waals surface area contributed by atoms with Crippen LogP contribution in [0.3, 0.4) is 0 Å². The summed E-state index contributed by atoms with van der Waals surface area (Å²) in [6.45, 7) is 4.93. The van der Waals surface area contributed by atoms with Crippen LogP contribution >= 0.6 is 11.8 Å². The number of nitrogens with zero attached hydrogens (tertiary/aromatic N) is 3. The molecule has 0 fully saturated rings. The number of benzene rings is 2. The van der Waals surface area contributed by atoms with Gasteiger partial charge >= 0.3 is 0 Å². The van der Waals surface area contributed by atoms with Crippen molar-refractivity contribution >= 4 is 17.7 Å². The third-order valence-electron chi connectivity index (χ3n) is 4.18. The van der Waals surface area contributed by atoms with Gasteiger partial charge in [0.2, 0.25) is 5.91 Å². The first-order chi connectivity index (χ1) is 14.1. The number of hydrogen-bond donors (Lipinski definition) is 1. The van der Waals surface area contributed by atoms with Crippen molar-refractivity contribution < 1.29 is 14.3 Å². The molecule has 0 bridgehead atoms. The molecule has 0 aliphatic heterocycles. The molecule has 152 valence electrons. The van der Waals surface area contributed by atoms with Crippen LogP contribution in [0, 0.1) is 6.92 Å². The molecule has 0 aliphatic rings. The van der Waals surface area contributed by atoms with Crippen molar-refractivity contribution in [2.24, 2.45) is 0 Å². The summed E-state index contributed by atoms with van der Waals surface area (Å²) in [6, 6.07) is 15.3. The second-order valence-electron chi connectivity index (χ2n) is 6.21. The van der Waals surface area contributed by atoms with E-state index in [1.54, 1.807) is 7.11 Å². The van der Waals surface area contributed by atoms with E-state index in [-0.39, 0.29) is 11.7 Å². The summed E-state index contributed by atoms with van der Waals surface area (Å²) in [5, 5.41) is 12.0. The zero-order chi connectivity index (χ0) is 20.6. The molecule has 0 unspecified atom stereocenters. The van der Waals surface area contributed by atoms with Gasteiger partial charge in [-0.3, -0.25) is 9.36 Å². The molecular formula is C21H24N4O3S. The number of aromatic nitrogens is 3. The van der Waals surface area contributed by atoms with Gasteiger partial charge in [-0.15, -0.1) is 10.2 Å². The molecule has 3 rings (SSSR count). The van der Waals surface area contributed by atoms with Gasteiger partial charge in [0.05, 0.1) is 19.5 Å². The summed E-state index contributed by atoms with van der Waals surface area (Å²) < 4.78 is 12.6. The molecule has 1 N–H and O–H groups in total. The highest BCUT2D eigenvalue weighted by Gasteiger charge is 2.13. The Labute approximate surface area is 174 Å². The van der Waals surface area contributed by atoms with Crippen LogP contribution in [0.4, 0.5) is 0 Å². The topological polar surface area (TPSA) is 78.3 Å². The van der Waals surface area contributed by atoms with Gasteiger partial charge in [0.15, 0.2) is 5.16 Å². The number of methoxy groups -OCH3 is 1. The maximum absolute atomic E-state index is 12.3. The Kier molecular flexibility index (Phi) is 7.13. The second kappa shape index (κ2) is 9.97. The monoisotopic (exact) mass is 412 g/mol. The van der Waals surface area contributed by atoms with Gasteiger partial charge in [-0.2, -0.15) is 0 Å². The molecule has 0 atom stereocenters. The fourth-order valence-electron chi connectivity index (χ4n) is 2.72. The molecule has 0 saturated heterocycles. The fraction of sp³-hybridized carbons (Fsp3) is 0.286. The number of hydrogen-bond acceptors (Lipinski definition) is 6. The quantitative estimate of drug-likeness (QED) is 0.543. The minimum absolute atomic E-state index is 0.0651. The SMILES string of the molecule is CCOc1ccc(-n2c(C)nnc2SCC(=O)NCc2ccc(OC)cc2)cc1. The van der Waals surface area contributed by atoms with Gasteiger partial charge in [0, 0.05) is 12.2 Å². The smallest absolute Gasteiger partial charge is 0.230 e. The lowest BCUT2D eigenvalue weighted by atomic mass is 10.2. The van der Waals surface area contributed by atoms with E-state index in [1.165, 1.54) is 11.8 Å². The van der Waals surface area contributed by atoms with E-state index in [1.807, 2.05) is 66.9 Å². The second-order valence-corrected chi connectivity index (χ2v) is 7.15. The highest BCUT2D eigenvalue weighted by molar-refractivity contribution is 7.99. The Morgan fingerprint density at radius 1 is 1.07 bits per heavy atom. The number of carbonyl (C=O) groups is 1. The lowest BCUT2D eigenvalue weighted by Crippen LogP contribution is -2.24. The highest BCUT2D eigenvalue weighted by atomic mass is 32.2. The summed E-state index contributed by atoms with van der Waals surface area (Å²) >= 11 is 1.35. The molecule has 2 aromatic carbocycles. The zero-order valence-corrected chi connectivity index (χ0v) is 17.5. The van der Waals surface area contributed by atoms with Crippen molar-refractivity contribution in [3.8, 4) is 17.2 Å².